The van der Waals surface area contributed by atoms with Crippen molar-refractivity contribution in [3.8, 4) is 6.07 Å². The molecule has 8 nitrogen and oxygen atoms in total. The molecule has 1 saturated carbocycles. The van der Waals surface area contributed by atoms with Gasteiger partial charge in [0.2, 0.25) is 0 Å². The first-order valence-corrected chi connectivity index (χ1v) is 18.4. The van der Waals surface area contributed by atoms with Gasteiger partial charge >= 0.3 is 6.09 Å². The lowest BCUT2D eigenvalue weighted by Gasteiger charge is -2.55. The summed E-state index contributed by atoms with van der Waals surface area (Å²) in [6, 6.07) is 15.8. The smallest absolute Gasteiger partial charge is 0.407 e. The van der Waals surface area contributed by atoms with Crippen molar-refractivity contribution in [3.63, 3.8) is 0 Å². The van der Waals surface area contributed by atoms with E-state index in [4.69, 9.17) is 4.74 Å². The molecule has 4 saturated heterocycles. The monoisotopic (exact) mass is 674 g/mol. The van der Waals surface area contributed by atoms with Crippen LogP contribution in [-0.4, -0.2) is 106 Å². The summed E-state index contributed by atoms with van der Waals surface area (Å²) in [5.74, 6) is 0.391. The van der Waals surface area contributed by atoms with Crippen LogP contribution in [0, 0.1) is 34.4 Å². The molecule has 4 aliphatic heterocycles. The van der Waals surface area contributed by atoms with E-state index in [9.17, 15) is 18.8 Å². The van der Waals surface area contributed by atoms with Crippen LogP contribution in [0.4, 0.5) is 19.3 Å². The molecular formula is C39H52F2N6O2. The van der Waals surface area contributed by atoms with Crippen LogP contribution in [0.3, 0.4) is 0 Å². The highest BCUT2D eigenvalue weighted by atomic mass is 19.1. The summed E-state index contributed by atoms with van der Waals surface area (Å²) in [7, 11) is 1.43. The van der Waals surface area contributed by atoms with Crippen molar-refractivity contribution in [2.45, 2.75) is 69.6 Å². The van der Waals surface area contributed by atoms with Crippen molar-refractivity contribution in [2.75, 3.05) is 77.5 Å². The number of piperidine rings is 1. The van der Waals surface area contributed by atoms with Gasteiger partial charge in [0.25, 0.3) is 0 Å². The van der Waals surface area contributed by atoms with E-state index in [1.54, 1.807) is 12.1 Å². The molecule has 5 aliphatic rings. The number of amides is 1. The van der Waals surface area contributed by atoms with Crippen LogP contribution >= 0.6 is 0 Å². The topological polar surface area (TPSA) is 75.1 Å². The molecule has 1 unspecified atom stereocenters. The second-order valence-corrected chi connectivity index (χ2v) is 15.9. The molecule has 4 heterocycles. The number of carbonyl (C=O) groups excluding carboxylic acids is 1. The standard InChI is InChI=1S/C39H52F2N6O2/c1-38(25-47(26-38)34-11-10-28(20-42)29(18-34)21-46-22-33(41)23-46)24-45-16-12-30(13-17-45)39(27-44-14-5-15-44,31-6-3-7-32(40)19-31)35-8-4-9-36(35)43-37(48)49-2/h3,6-7,10-11,18-19,30,33,35-36H,4-5,8-9,12-17,21-27H2,1-2H3,(H,43,48)/t35-,36-,39?/m0/s1. The van der Waals surface area contributed by atoms with E-state index < -0.39 is 6.17 Å². The number of hydrogen-bond donors (Lipinski definition) is 1. The zero-order valence-electron chi connectivity index (χ0n) is 29.2. The van der Waals surface area contributed by atoms with Gasteiger partial charge in [-0.05, 0) is 112 Å². The van der Waals surface area contributed by atoms with Gasteiger partial charge in [-0.3, -0.25) is 4.90 Å². The largest absolute Gasteiger partial charge is 0.453 e. The fourth-order valence-electron chi connectivity index (χ4n) is 9.94. The Morgan fingerprint density at radius 3 is 2.45 bits per heavy atom. The molecule has 49 heavy (non-hydrogen) atoms. The minimum atomic E-state index is -0.753. The number of anilines is 1. The number of alkyl halides is 1. The van der Waals surface area contributed by atoms with E-state index >= 15 is 0 Å². The first kappa shape index (κ1) is 34.2. The quantitative estimate of drug-likeness (QED) is 0.335. The van der Waals surface area contributed by atoms with Crippen LogP contribution < -0.4 is 10.2 Å². The highest BCUT2D eigenvalue weighted by molar-refractivity contribution is 5.67. The number of carbonyl (C=O) groups is 1. The normalized spacial score (nSPS) is 26.2. The van der Waals surface area contributed by atoms with Crippen molar-refractivity contribution in [3.05, 3.63) is 65.0 Å². The van der Waals surface area contributed by atoms with Gasteiger partial charge in [0.1, 0.15) is 12.0 Å². The lowest BCUT2D eigenvalue weighted by atomic mass is 9.57. The Morgan fingerprint density at radius 2 is 1.80 bits per heavy atom. The second kappa shape index (κ2) is 14.2. The molecule has 0 bridgehead atoms. The van der Waals surface area contributed by atoms with Crippen molar-refractivity contribution in [1.29, 1.82) is 5.26 Å². The number of nitrogens with one attached hydrogen (secondary N) is 1. The Labute approximate surface area is 290 Å². The summed E-state index contributed by atoms with van der Waals surface area (Å²) in [4.78, 5) is 22.1. The zero-order chi connectivity index (χ0) is 34.2. The third-order valence-electron chi connectivity index (χ3n) is 12.4. The number of hydrogen-bond acceptors (Lipinski definition) is 7. The van der Waals surface area contributed by atoms with Gasteiger partial charge in [-0.25, -0.2) is 13.6 Å². The molecule has 0 radical (unpaired) electrons. The number of ether oxygens (including phenoxy) is 1. The number of likely N-dealkylation sites (tertiary alicyclic amines) is 3. The zero-order valence-corrected chi connectivity index (χ0v) is 29.2. The van der Waals surface area contributed by atoms with E-state index in [-0.39, 0.29) is 34.7 Å². The molecule has 10 heteroatoms. The summed E-state index contributed by atoms with van der Waals surface area (Å²) >= 11 is 0. The van der Waals surface area contributed by atoms with Crippen LogP contribution in [0.15, 0.2) is 42.5 Å². The summed E-state index contributed by atoms with van der Waals surface area (Å²) in [6.07, 6.45) is 5.12. The highest BCUT2D eigenvalue weighted by Gasteiger charge is 2.53. The molecule has 1 amide bonds. The van der Waals surface area contributed by atoms with Gasteiger partial charge in [0.05, 0.1) is 18.7 Å². The van der Waals surface area contributed by atoms with Crippen molar-refractivity contribution < 1.29 is 18.3 Å². The molecule has 1 N–H and O–H groups in total. The summed E-state index contributed by atoms with van der Waals surface area (Å²) < 4.78 is 33.5. The van der Waals surface area contributed by atoms with E-state index in [1.165, 1.54) is 13.5 Å². The van der Waals surface area contributed by atoms with Gasteiger partial charge < -0.3 is 24.8 Å². The fraction of sp³-hybridized carbons (Fsp3) is 0.641. The first-order valence-electron chi connectivity index (χ1n) is 18.4. The van der Waals surface area contributed by atoms with Gasteiger partial charge in [-0.1, -0.05) is 25.5 Å². The Bertz CT molecular complexity index is 1530. The number of methoxy groups -OCH3 is 1. The predicted molar refractivity (Wildman–Crippen MR) is 187 cm³/mol. The minimum Gasteiger partial charge on any atom is -0.453 e. The van der Waals surface area contributed by atoms with Gasteiger partial charge in [-0.15, -0.1) is 0 Å². The Kier molecular flexibility index (Phi) is 9.89. The maximum absolute atomic E-state index is 15.0. The number of halogens is 2. The van der Waals surface area contributed by atoms with Crippen LogP contribution in [0.2, 0.25) is 0 Å². The molecule has 2 aromatic carbocycles. The molecule has 0 aromatic heterocycles. The third-order valence-corrected chi connectivity index (χ3v) is 12.4. The van der Waals surface area contributed by atoms with Crippen LogP contribution in [0.1, 0.15) is 62.1 Å². The number of nitriles is 1. The maximum atomic E-state index is 15.0. The Hall–Kier alpha value is -3.26. The average molecular weight is 675 g/mol. The first-order chi connectivity index (χ1) is 23.7. The minimum absolute atomic E-state index is 0.00385. The molecule has 3 atom stereocenters. The fourth-order valence-corrected chi connectivity index (χ4v) is 9.94. The average Bonchev–Trinajstić information content (AvgIpc) is 3.51. The Morgan fingerprint density at radius 1 is 1.02 bits per heavy atom. The molecule has 5 fully saturated rings. The van der Waals surface area contributed by atoms with Crippen molar-refractivity contribution in [2.24, 2.45) is 17.3 Å². The summed E-state index contributed by atoms with van der Waals surface area (Å²) in [5.41, 5.74) is 3.78. The highest BCUT2D eigenvalue weighted by Crippen LogP contribution is 2.52. The Balaban J connectivity index is 1.04. The van der Waals surface area contributed by atoms with E-state index in [1.807, 2.05) is 12.1 Å². The van der Waals surface area contributed by atoms with E-state index in [2.05, 4.69) is 56.1 Å². The molecule has 1 aliphatic carbocycles. The van der Waals surface area contributed by atoms with Crippen molar-refractivity contribution in [1.82, 2.24) is 20.0 Å². The number of alkyl carbamates (subject to hydrolysis) is 1. The molecule has 0 spiro atoms. The predicted octanol–water partition coefficient (Wildman–Crippen LogP) is 5.56. The number of nitrogens with zero attached hydrogens (tertiary/aromatic N) is 5. The molecule has 264 valence electrons. The van der Waals surface area contributed by atoms with Gasteiger partial charge in [-0.2, -0.15) is 5.26 Å². The van der Waals surface area contributed by atoms with E-state index in [0.717, 1.165) is 101 Å². The molecule has 2 aromatic rings. The van der Waals surface area contributed by atoms with E-state index in [0.29, 0.717) is 31.1 Å². The van der Waals surface area contributed by atoms with Gasteiger partial charge in [0.15, 0.2) is 0 Å². The van der Waals surface area contributed by atoms with Crippen molar-refractivity contribution >= 4 is 11.8 Å². The molecular weight excluding hydrogens is 622 g/mol. The number of benzene rings is 2. The number of rotatable bonds is 11. The lowest BCUT2D eigenvalue weighted by Crippen LogP contribution is -2.62. The summed E-state index contributed by atoms with van der Waals surface area (Å²) in [6.45, 7) is 11.9. The van der Waals surface area contributed by atoms with Gasteiger partial charge in [0, 0.05) is 68.4 Å². The SMILES string of the molecule is COC(=O)N[C@H]1CCC[C@@H]1C(CN1CCC1)(c1cccc(F)c1)C1CCN(CC2(C)CN(c3ccc(C#N)c(CN4CC(F)C4)c3)C2)CC1. The van der Waals surface area contributed by atoms with Crippen LogP contribution in [0.25, 0.3) is 0 Å². The van der Waals surface area contributed by atoms with Crippen LogP contribution in [0.5, 0.6) is 0 Å². The van der Waals surface area contributed by atoms with Crippen LogP contribution in [-0.2, 0) is 16.7 Å². The lowest BCUT2D eigenvalue weighted by molar-refractivity contribution is 0.0159. The molecule has 7 rings (SSSR count). The maximum Gasteiger partial charge on any atom is 0.407 e. The summed E-state index contributed by atoms with van der Waals surface area (Å²) in [5, 5.41) is 12.9. The second-order valence-electron chi connectivity index (χ2n) is 15.9. The third kappa shape index (κ3) is 7.04.